The maximum absolute atomic E-state index is 11.6. The lowest BCUT2D eigenvalue weighted by molar-refractivity contribution is -0.116. The summed E-state index contributed by atoms with van der Waals surface area (Å²) in [6.07, 6.45) is 1.02. The van der Waals surface area contributed by atoms with Gasteiger partial charge in [0.15, 0.2) is 0 Å². The van der Waals surface area contributed by atoms with E-state index in [1.165, 1.54) is 17.3 Å². The van der Waals surface area contributed by atoms with Gasteiger partial charge in [-0.05, 0) is 75.1 Å². The molecule has 4 heteroatoms. The maximum Gasteiger partial charge on any atom is 0.142 e. The van der Waals surface area contributed by atoms with Gasteiger partial charge in [0.1, 0.15) is 11.5 Å². The second-order valence-corrected chi connectivity index (χ2v) is 8.29. The number of methoxy groups -OCH3 is 1. The van der Waals surface area contributed by atoms with E-state index in [-0.39, 0.29) is 11.0 Å². The SMILES string of the molecule is CCc1ccc(/C(C)=C(/N=C(C)SC(C)C(C)=O)c2ccc(OC)cc2)cc1. The summed E-state index contributed by atoms with van der Waals surface area (Å²) in [5, 5.41) is 0.767. The Morgan fingerprint density at radius 3 is 2.07 bits per heavy atom. The monoisotopic (exact) mass is 395 g/mol. The molecule has 0 aliphatic carbocycles. The van der Waals surface area contributed by atoms with Crippen LogP contribution in [-0.4, -0.2) is 23.2 Å². The molecule has 0 amide bonds. The molecule has 0 saturated heterocycles. The molecule has 28 heavy (non-hydrogen) atoms. The molecule has 148 valence electrons. The molecule has 2 aromatic carbocycles. The minimum atomic E-state index is -0.106. The highest BCUT2D eigenvalue weighted by Crippen LogP contribution is 2.30. The summed E-state index contributed by atoms with van der Waals surface area (Å²) in [5.74, 6) is 0.967. The number of ketones is 1. The predicted octanol–water partition coefficient (Wildman–Crippen LogP) is 6.27. The number of benzene rings is 2. The van der Waals surface area contributed by atoms with E-state index in [2.05, 4.69) is 38.1 Å². The molecule has 0 aromatic heterocycles. The van der Waals surface area contributed by atoms with E-state index in [1.54, 1.807) is 14.0 Å². The summed E-state index contributed by atoms with van der Waals surface area (Å²) in [6.45, 7) is 9.74. The number of Topliss-reactive ketones (excluding diaryl/α,β-unsaturated/α-hetero) is 1. The molecule has 0 N–H and O–H groups in total. The Morgan fingerprint density at radius 1 is 1.00 bits per heavy atom. The summed E-state index contributed by atoms with van der Waals surface area (Å²) in [4.78, 5) is 16.5. The number of hydrogen-bond donors (Lipinski definition) is 0. The maximum atomic E-state index is 11.6. The molecule has 0 radical (unpaired) electrons. The predicted molar refractivity (Wildman–Crippen MR) is 122 cm³/mol. The van der Waals surface area contributed by atoms with Crippen LogP contribution in [0, 0.1) is 0 Å². The quantitative estimate of drug-likeness (QED) is 0.315. The van der Waals surface area contributed by atoms with Crippen LogP contribution in [-0.2, 0) is 11.2 Å². The molecule has 0 fully saturated rings. The fourth-order valence-corrected chi connectivity index (χ4v) is 3.59. The molecule has 1 atom stereocenters. The van der Waals surface area contributed by atoms with Gasteiger partial charge in [0.2, 0.25) is 0 Å². The molecular weight excluding hydrogens is 366 g/mol. The van der Waals surface area contributed by atoms with E-state index in [0.29, 0.717) is 0 Å². The zero-order chi connectivity index (χ0) is 20.7. The van der Waals surface area contributed by atoms with Crippen molar-refractivity contribution in [1.29, 1.82) is 0 Å². The molecule has 0 bridgehead atoms. The highest BCUT2D eigenvalue weighted by atomic mass is 32.2. The topological polar surface area (TPSA) is 38.7 Å². The Labute approximate surface area is 172 Å². The van der Waals surface area contributed by atoms with Crippen LogP contribution < -0.4 is 4.74 Å². The molecule has 2 rings (SSSR count). The van der Waals surface area contributed by atoms with Crippen molar-refractivity contribution >= 4 is 33.9 Å². The van der Waals surface area contributed by atoms with Gasteiger partial charge in [-0.15, -0.1) is 11.8 Å². The van der Waals surface area contributed by atoms with Gasteiger partial charge in [0, 0.05) is 5.56 Å². The molecule has 0 aliphatic rings. The van der Waals surface area contributed by atoms with E-state index < -0.39 is 0 Å². The van der Waals surface area contributed by atoms with Crippen molar-refractivity contribution in [2.24, 2.45) is 4.99 Å². The van der Waals surface area contributed by atoms with Crippen molar-refractivity contribution < 1.29 is 9.53 Å². The van der Waals surface area contributed by atoms with Crippen molar-refractivity contribution in [3.8, 4) is 5.75 Å². The van der Waals surface area contributed by atoms with Gasteiger partial charge in [-0.3, -0.25) is 4.79 Å². The lowest BCUT2D eigenvalue weighted by atomic mass is 9.99. The number of carbonyl (C=O) groups is 1. The number of hydrogen-bond acceptors (Lipinski definition) is 4. The average Bonchev–Trinajstić information content (AvgIpc) is 2.71. The number of allylic oxidation sites excluding steroid dienone is 1. The first kappa shape index (κ1) is 22.0. The van der Waals surface area contributed by atoms with E-state index in [0.717, 1.165) is 39.6 Å². The standard InChI is InChI=1S/C24H29NO2S/c1-7-20-8-10-21(11-9-20)16(2)24(22-12-14-23(27-6)15-13-22)25-19(5)28-18(4)17(3)26/h8-15,18H,7H2,1-6H3/b24-16+,25-19?. The van der Waals surface area contributed by atoms with Gasteiger partial charge in [-0.1, -0.05) is 31.2 Å². The van der Waals surface area contributed by atoms with E-state index >= 15 is 0 Å². The van der Waals surface area contributed by atoms with Crippen LogP contribution in [0.1, 0.15) is 51.3 Å². The Balaban J connectivity index is 2.51. The molecular formula is C24H29NO2S. The Hall–Kier alpha value is -2.33. The number of ether oxygens (including phenoxy) is 1. The van der Waals surface area contributed by atoms with Crippen molar-refractivity contribution in [3.63, 3.8) is 0 Å². The average molecular weight is 396 g/mol. The highest BCUT2D eigenvalue weighted by Gasteiger charge is 2.13. The van der Waals surface area contributed by atoms with Gasteiger partial charge in [0.05, 0.1) is 23.1 Å². The highest BCUT2D eigenvalue weighted by molar-refractivity contribution is 8.14. The number of aryl methyl sites for hydroxylation is 1. The van der Waals surface area contributed by atoms with Crippen LogP contribution in [0.5, 0.6) is 5.75 Å². The van der Waals surface area contributed by atoms with Gasteiger partial charge >= 0.3 is 0 Å². The van der Waals surface area contributed by atoms with E-state index in [4.69, 9.17) is 9.73 Å². The largest absolute Gasteiger partial charge is 0.497 e. The Kier molecular flexibility index (Phi) is 8.06. The van der Waals surface area contributed by atoms with Crippen LogP contribution in [0.25, 0.3) is 11.3 Å². The summed E-state index contributed by atoms with van der Waals surface area (Å²) in [6, 6.07) is 16.5. The second-order valence-electron chi connectivity index (χ2n) is 6.75. The first-order chi connectivity index (χ1) is 13.3. The van der Waals surface area contributed by atoms with Crippen LogP contribution in [0.3, 0.4) is 0 Å². The van der Waals surface area contributed by atoms with Gasteiger partial charge in [0.25, 0.3) is 0 Å². The van der Waals surface area contributed by atoms with Crippen molar-refractivity contribution in [3.05, 3.63) is 65.2 Å². The van der Waals surface area contributed by atoms with Gasteiger partial charge < -0.3 is 4.74 Å². The molecule has 3 nitrogen and oxygen atoms in total. The van der Waals surface area contributed by atoms with Crippen molar-refractivity contribution in [1.82, 2.24) is 0 Å². The molecule has 2 aromatic rings. The van der Waals surface area contributed by atoms with E-state index in [9.17, 15) is 4.79 Å². The fourth-order valence-electron chi connectivity index (χ4n) is 2.76. The fraction of sp³-hybridized carbons (Fsp3) is 0.333. The lowest BCUT2D eigenvalue weighted by Gasteiger charge is -2.13. The minimum Gasteiger partial charge on any atom is -0.497 e. The number of rotatable bonds is 7. The number of thioether (sulfide) groups is 1. The summed E-state index contributed by atoms with van der Waals surface area (Å²) >= 11 is 1.50. The first-order valence-electron chi connectivity index (χ1n) is 9.52. The molecule has 0 aliphatic heterocycles. The molecule has 0 heterocycles. The van der Waals surface area contributed by atoms with Crippen LogP contribution in [0.15, 0.2) is 53.5 Å². The van der Waals surface area contributed by atoms with Crippen LogP contribution >= 0.6 is 11.8 Å². The molecule has 0 spiro atoms. The smallest absolute Gasteiger partial charge is 0.142 e. The Bertz CT molecular complexity index is 864. The zero-order valence-electron chi connectivity index (χ0n) is 17.6. The number of carbonyl (C=O) groups excluding carboxylic acids is 1. The van der Waals surface area contributed by atoms with Gasteiger partial charge in [-0.25, -0.2) is 4.99 Å². The third-order valence-electron chi connectivity index (χ3n) is 4.70. The normalized spacial score (nSPS) is 13.7. The third-order valence-corrected chi connectivity index (χ3v) is 5.82. The van der Waals surface area contributed by atoms with Crippen molar-refractivity contribution in [2.75, 3.05) is 7.11 Å². The first-order valence-corrected chi connectivity index (χ1v) is 10.4. The number of aliphatic imine (C=N–C) groups is 1. The Morgan fingerprint density at radius 2 is 1.57 bits per heavy atom. The summed E-state index contributed by atoms with van der Waals surface area (Å²) < 4.78 is 5.29. The summed E-state index contributed by atoms with van der Waals surface area (Å²) in [5.41, 5.74) is 5.49. The lowest BCUT2D eigenvalue weighted by Crippen LogP contribution is -2.10. The summed E-state index contributed by atoms with van der Waals surface area (Å²) in [7, 11) is 1.66. The van der Waals surface area contributed by atoms with Crippen molar-refractivity contribution in [2.45, 2.75) is 46.3 Å². The minimum absolute atomic E-state index is 0.106. The molecule has 0 saturated carbocycles. The molecule has 1 unspecified atom stereocenters. The number of nitrogens with zero attached hydrogens (tertiary/aromatic N) is 1. The zero-order valence-corrected chi connectivity index (χ0v) is 18.4. The van der Waals surface area contributed by atoms with Crippen LogP contribution in [0.2, 0.25) is 0 Å². The van der Waals surface area contributed by atoms with E-state index in [1.807, 2.05) is 38.1 Å². The van der Waals surface area contributed by atoms with Gasteiger partial charge in [-0.2, -0.15) is 0 Å². The van der Waals surface area contributed by atoms with Crippen LogP contribution in [0.4, 0.5) is 0 Å². The third kappa shape index (κ3) is 5.83. The second kappa shape index (κ2) is 10.3.